The van der Waals surface area contributed by atoms with E-state index in [2.05, 4.69) is 494 Å². The molecule has 594 valence electrons. The number of fused-ring (bicyclic) bond motifs is 12. The van der Waals surface area contributed by atoms with Gasteiger partial charge in [0, 0.05) is 32.9 Å². The Morgan fingerprint density at radius 1 is 0.102 bits per heavy atom. The molecule has 2 aromatic heterocycles. The lowest BCUT2D eigenvalue weighted by Crippen LogP contribution is -1.95. The average Bonchev–Trinajstić information content (AvgIpc) is 1.58. The number of hydrogen-bond donors (Lipinski definition) is 0. The van der Waals surface area contributed by atoms with Crippen molar-refractivity contribution in [1.82, 2.24) is 9.13 Å². The minimum Gasteiger partial charge on any atom is -0.309 e. The summed E-state index contributed by atoms with van der Waals surface area (Å²) < 4.78 is 4.92. The molecular weight excluding hydrogens is 1540 g/mol. The highest BCUT2D eigenvalue weighted by Gasteiger charge is 2.23. The highest BCUT2D eigenvalue weighted by Crippen LogP contribution is 2.49. The van der Waals surface area contributed by atoms with Gasteiger partial charge in [0.05, 0.1) is 22.1 Å². The molecule has 0 aliphatic heterocycles. The second-order valence-corrected chi connectivity index (χ2v) is 34.3. The van der Waals surface area contributed by atoms with E-state index in [0.717, 1.165) is 55.7 Å². The van der Waals surface area contributed by atoms with E-state index in [-0.39, 0.29) is 0 Å². The molecule has 0 fully saturated rings. The molecule has 0 unspecified atom stereocenters. The summed E-state index contributed by atoms with van der Waals surface area (Å²) in [6.45, 7) is 0. The molecule has 0 atom stereocenters. The van der Waals surface area contributed by atoms with Gasteiger partial charge in [-0.05, 0) is 307 Å². The van der Waals surface area contributed by atoms with Crippen LogP contribution in [0.1, 0.15) is 0 Å². The molecule has 23 aromatic carbocycles. The van der Waals surface area contributed by atoms with Gasteiger partial charge in [-0.2, -0.15) is 0 Å². The van der Waals surface area contributed by atoms with Crippen LogP contribution < -0.4 is 0 Å². The molecule has 2 heteroatoms. The quantitative estimate of drug-likeness (QED) is 0.0961. The molecule has 0 saturated heterocycles. The fourth-order valence-corrected chi connectivity index (χ4v) is 20.2. The molecular formula is C126H80N2. The lowest BCUT2D eigenvalue weighted by atomic mass is 9.84. The summed E-state index contributed by atoms with van der Waals surface area (Å²) in [7, 11) is 0. The van der Waals surface area contributed by atoms with E-state index in [0.29, 0.717) is 0 Å². The highest BCUT2D eigenvalue weighted by atomic mass is 15.0. The maximum atomic E-state index is 2.46. The van der Waals surface area contributed by atoms with Crippen molar-refractivity contribution in [2.24, 2.45) is 0 Å². The third-order valence-electron chi connectivity index (χ3n) is 26.9. The molecule has 2 nitrogen and oxygen atoms in total. The lowest BCUT2D eigenvalue weighted by Gasteiger charge is -2.20. The van der Waals surface area contributed by atoms with Gasteiger partial charge in [-0.25, -0.2) is 0 Å². The van der Waals surface area contributed by atoms with Crippen LogP contribution in [0, 0.1) is 0 Å². The van der Waals surface area contributed by atoms with Gasteiger partial charge in [-0.15, -0.1) is 0 Å². The van der Waals surface area contributed by atoms with E-state index >= 15 is 0 Å². The van der Waals surface area contributed by atoms with Gasteiger partial charge in [-0.1, -0.05) is 376 Å². The smallest absolute Gasteiger partial charge is 0.0541 e. The predicted molar refractivity (Wildman–Crippen MR) is 545 cm³/mol. The van der Waals surface area contributed by atoms with Gasteiger partial charge < -0.3 is 9.13 Å². The van der Waals surface area contributed by atoms with Crippen molar-refractivity contribution in [2.75, 3.05) is 0 Å². The zero-order valence-corrected chi connectivity index (χ0v) is 70.1. The van der Waals surface area contributed by atoms with Crippen molar-refractivity contribution >= 4 is 108 Å². The number of rotatable bonds is 14. The molecule has 128 heavy (non-hydrogen) atoms. The maximum Gasteiger partial charge on any atom is 0.0541 e. The Morgan fingerprint density at radius 3 is 0.523 bits per heavy atom. The maximum absolute atomic E-state index is 2.46. The molecule has 0 aliphatic rings. The summed E-state index contributed by atoms with van der Waals surface area (Å²) in [5.41, 5.74) is 35.3. The van der Waals surface area contributed by atoms with E-state index in [1.54, 1.807) is 0 Å². The van der Waals surface area contributed by atoms with Crippen molar-refractivity contribution < 1.29 is 0 Å². The fourth-order valence-electron chi connectivity index (χ4n) is 20.2. The van der Waals surface area contributed by atoms with E-state index in [4.69, 9.17) is 0 Å². The summed E-state index contributed by atoms with van der Waals surface area (Å²) >= 11 is 0. The average molecular weight is 1620 g/mol. The van der Waals surface area contributed by atoms with Crippen LogP contribution in [0.5, 0.6) is 0 Å². The summed E-state index contributed by atoms with van der Waals surface area (Å²) in [5.74, 6) is 0. The van der Waals surface area contributed by atoms with Crippen molar-refractivity contribution in [3.63, 3.8) is 0 Å². The van der Waals surface area contributed by atoms with Gasteiger partial charge in [-0.3, -0.25) is 0 Å². The molecule has 0 N–H and O–H groups in total. The van der Waals surface area contributed by atoms with Crippen molar-refractivity contribution in [2.45, 2.75) is 0 Å². The van der Waals surface area contributed by atoms with Crippen molar-refractivity contribution in [3.8, 4) is 145 Å². The van der Waals surface area contributed by atoms with Crippen molar-refractivity contribution in [1.29, 1.82) is 0 Å². The topological polar surface area (TPSA) is 9.86 Å². The first-order chi connectivity index (χ1) is 63.4. The number of hydrogen-bond acceptors (Lipinski definition) is 0. The van der Waals surface area contributed by atoms with Gasteiger partial charge in [0.25, 0.3) is 0 Å². The van der Waals surface area contributed by atoms with Crippen LogP contribution in [0.2, 0.25) is 0 Å². The minimum absolute atomic E-state index is 1.10. The Morgan fingerprint density at radius 2 is 0.281 bits per heavy atom. The lowest BCUT2D eigenvalue weighted by molar-refractivity contribution is 1.18. The fraction of sp³-hybridized carbons (Fsp3) is 0. The van der Waals surface area contributed by atoms with Crippen molar-refractivity contribution in [3.05, 3.63) is 485 Å². The molecule has 0 spiro atoms. The minimum atomic E-state index is 1.10. The van der Waals surface area contributed by atoms with Gasteiger partial charge in [0.15, 0.2) is 0 Å². The predicted octanol–water partition coefficient (Wildman–Crippen LogP) is 34.8. The van der Waals surface area contributed by atoms with Gasteiger partial charge in [0.1, 0.15) is 0 Å². The summed E-state index contributed by atoms with van der Waals surface area (Å²) in [6.07, 6.45) is 0. The Kier molecular flexibility index (Phi) is 17.7. The zero-order valence-electron chi connectivity index (χ0n) is 70.1. The third kappa shape index (κ3) is 13.0. The standard InChI is InChI=1S/C126H80N2/c1-3-19-95(20-4-1)125-113-65-55-106(94-53-63-112(64-54-94)128-123-69-59-109(91-39-31-87(32-40-91)103-49-45-83-17-9-13-25-99(83)73-103)77-117(123)118-78-110(60-70-124(118)128)92-41-33-88(34-42-92)104-50-46-84-18-10-14-26-100(84)74-104)80-120(113)126(96-21-5-2-6-22-96)114-66-56-105(79-119(114)125)93-51-61-111(62-52-93)127-121-67-57-107(89-35-27-85(28-36-89)101-47-43-81-15-7-11-23-97(81)71-101)75-115(121)116-76-108(58-68-122(116)127)90-37-29-86(30-38-90)102-48-44-82-16-8-12-24-98(82)72-102/h1-80H. The molecule has 0 amide bonds. The van der Waals surface area contributed by atoms with E-state index < -0.39 is 0 Å². The third-order valence-corrected chi connectivity index (χ3v) is 26.9. The Labute approximate surface area is 742 Å². The molecule has 25 rings (SSSR count). The Bertz CT molecular complexity index is 7840. The molecule has 0 aliphatic carbocycles. The monoisotopic (exact) mass is 1620 g/mol. The normalized spacial score (nSPS) is 11.8. The number of benzene rings is 23. The highest BCUT2D eigenvalue weighted by molar-refractivity contribution is 6.23. The Hall–Kier alpha value is -16.8. The zero-order chi connectivity index (χ0) is 84.3. The molecule has 0 saturated carbocycles. The van der Waals surface area contributed by atoms with E-state index in [9.17, 15) is 0 Å². The molecule has 25 aromatic rings. The number of aromatic nitrogens is 2. The van der Waals surface area contributed by atoms with Crippen LogP contribution in [-0.2, 0) is 0 Å². The van der Waals surface area contributed by atoms with Crippen LogP contribution in [0.4, 0.5) is 0 Å². The van der Waals surface area contributed by atoms with Gasteiger partial charge >= 0.3 is 0 Å². The first kappa shape index (κ1) is 73.9. The Balaban J connectivity index is 0.569. The van der Waals surface area contributed by atoms with Crippen LogP contribution in [0.25, 0.3) is 253 Å². The van der Waals surface area contributed by atoms with Crippen LogP contribution >= 0.6 is 0 Å². The number of nitrogens with zero attached hydrogens (tertiary/aromatic N) is 2. The van der Waals surface area contributed by atoms with E-state index in [1.807, 2.05) is 0 Å². The first-order valence-electron chi connectivity index (χ1n) is 44.3. The first-order valence-corrected chi connectivity index (χ1v) is 44.3. The largest absolute Gasteiger partial charge is 0.309 e. The summed E-state index contributed by atoms with van der Waals surface area (Å²) in [4.78, 5) is 0. The second kappa shape index (κ2) is 30.6. The van der Waals surface area contributed by atoms with Crippen LogP contribution in [-0.4, -0.2) is 9.13 Å². The van der Waals surface area contributed by atoms with Crippen LogP contribution in [0.15, 0.2) is 485 Å². The van der Waals surface area contributed by atoms with E-state index in [1.165, 1.54) is 197 Å². The van der Waals surface area contributed by atoms with Crippen LogP contribution in [0.3, 0.4) is 0 Å². The summed E-state index contributed by atoms with van der Waals surface area (Å²) in [5, 5.41) is 19.6. The molecule has 2 heterocycles. The molecule has 0 bridgehead atoms. The summed E-state index contributed by atoms with van der Waals surface area (Å²) in [6, 6.07) is 181. The SMILES string of the molecule is c1ccc(-c2c3ccc(-c4ccc(-n5c6ccc(-c7ccc(-c8ccc9ccccc9c8)cc7)cc6c6cc(-c7ccc(-c8ccc9ccccc9c8)cc7)ccc65)cc4)cc3c(-c3ccccc3)c3ccc(-c4ccc(-n5c6ccc(-c7ccc(-c8ccc9ccccc9c8)cc7)cc6c6cc(-c7ccc(-c8ccc9ccccc9c8)cc7)ccc65)cc4)cc23)cc1. The molecule has 0 radical (unpaired) electrons. The second-order valence-electron chi connectivity index (χ2n) is 34.3. The van der Waals surface area contributed by atoms with Gasteiger partial charge in [0.2, 0.25) is 0 Å².